The summed E-state index contributed by atoms with van der Waals surface area (Å²) in [5.74, 6) is 0.0495. The highest BCUT2D eigenvalue weighted by Crippen LogP contribution is 2.27. The number of carbonyl (C=O) groups excluding carboxylic acids is 1. The Bertz CT molecular complexity index is 1910. The molecule has 0 aliphatic heterocycles. The van der Waals surface area contributed by atoms with Crippen LogP contribution in [0.4, 0.5) is 11.4 Å². The second kappa shape index (κ2) is 12.3. The third kappa shape index (κ3) is 7.09. The molecule has 0 atom stereocenters. The SMILES string of the molecule is Cc1cc(-c2ccc(Cl)cc2)n(Cc2nnc(SCC(=O)Nc3ccc(S(N)(=O)=O)cc3)n2-c2ccc([N+](=O)[O-])cc2)n1. The number of nitro benzene ring substituents is 1. The molecule has 43 heavy (non-hydrogen) atoms. The zero-order valence-corrected chi connectivity index (χ0v) is 24.8. The van der Waals surface area contributed by atoms with E-state index in [2.05, 4.69) is 20.6 Å². The van der Waals surface area contributed by atoms with Gasteiger partial charge in [0.1, 0.15) is 6.54 Å². The average molecular weight is 639 g/mol. The number of nitrogens with zero attached hydrogens (tertiary/aromatic N) is 6. The van der Waals surface area contributed by atoms with E-state index in [1.54, 1.807) is 33.5 Å². The van der Waals surface area contributed by atoms with E-state index in [-0.39, 0.29) is 28.8 Å². The summed E-state index contributed by atoms with van der Waals surface area (Å²) >= 11 is 7.18. The second-order valence-corrected chi connectivity index (χ2v) is 12.2. The molecule has 5 rings (SSSR count). The quantitative estimate of drug-likeness (QED) is 0.127. The van der Waals surface area contributed by atoms with E-state index in [1.807, 2.05) is 25.1 Å². The lowest BCUT2D eigenvalue weighted by molar-refractivity contribution is -0.384. The number of non-ortho nitro benzene ring substituents is 1. The van der Waals surface area contributed by atoms with Gasteiger partial charge in [-0.05, 0) is 67.1 Å². The first-order valence-corrected chi connectivity index (χ1v) is 15.4. The van der Waals surface area contributed by atoms with Crippen molar-refractivity contribution < 1.29 is 18.1 Å². The Labute approximate surface area is 254 Å². The summed E-state index contributed by atoms with van der Waals surface area (Å²) in [6.07, 6.45) is 0. The molecule has 0 saturated carbocycles. The van der Waals surface area contributed by atoms with Gasteiger partial charge in [-0.15, -0.1) is 10.2 Å². The molecular formula is C27H23ClN8O5S2. The van der Waals surface area contributed by atoms with Crippen LogP contribution in [-0.4, -0.2) is 49.5 Å². The van der Waals surface area contributed by atoms with Gasteiger partial charge in [0.2, 0.25) is 15.9 Å². The Morgan fingerprint density at radius 1 is 1.05 bits per heavy atom. The maximum absolute atomic E-state index is 12.7. The number of hydrogen-bond acceptors (Lipinski definition) is 9. The number of sulfonamides is 1. The van der Waals surface area contributed by atoms with Crippen LogP contribution in [0.1, 0.15) is 11.5 Å². The Hall–Kier alpha value is -4.57. The number of thioether (sulfide) groups is 1. The van der Waals surface area contributed by atoms with Crippen LogP contribution in [0.25, 0.3) is 16.9 Å². The van der Waals surface area contributed by atoms with Gasteiger partial charge in [0.05, 0.1) is 27.0 Å². The molecule has 16 heteroatoms. The number of primary sulfonamides is 1. The Morgan fingerprint density at radius 2 is 1.72 bits per heavy atom. The van der Waals surface area contributed by atoms with Gasteiger partial charge in [-0.1, -0.05) is 35.5 Å². The van der Waals surface area contributed by atoms with Gasteiger partial charge < -0.3 is 5.32 Å². The van der Waals surface area contributed by atoms with Crippen molar-refractivity contribution in [2.75, 3.05) is 11.1 Å². The molecule has 0 spiro atoms. The van der Waals surface area contributed by atoms with Crippen LogP contribution in [0.5, 0.6) is 0 Å². The minimum atomic E-state index is -3.86. The van der Waals surface area contributed by atoms with Crippen LogP contribution in [0, 0.1) is 17.0 Å². The lowest BCUT2D eigenvalue weighted by Gasteiger charge is -2.12. The molecule has 0 fully saturated rings. The number of halogens is 1. The first kappa shape index (κ1) is 29.9. The molecule has 0 aliphatic carbocycles. The van der Waals surface area contributed by atoms with E-state index in [9.17, 15) is 23.3 Å². The topological polar surface area (TPSA) is 181 Å². The number of amides is 1. The van der Waals surface area contributed by atoms with Crippen molar-refractivity contribution in [1.29, 1.82) is 0 Å². The largest absolute Gasteiger partial charge is 0.325 e. The summed E-state index contributed by atoms with van der Waals surface area (Å²) in [7, 11) is -3.86. The highest BCUT2D eigenvalue weighted by Gasteiger charge is 2.20. The number of anilines is 1. The van der Waals surface area contributed by atoms with Crippen LogP contribution in [-0.2, 0) is 21.4 Å². The molecule has 0 radical (unpaired) electrons. The summed E-state index contributed by atoms with van der Waals surface area (Å²) in [5.41, 5.74) is 3.38. The van der Waals surface area contributed by atoms with Crippen molar-refractivity contribution in [2.24, 2.45) is 5.14 Å². The third-order valence-electron chi connectivity index (χ3n) is 6.15. The molecule has 3 N–H and O–H groups in total. The summed E-state index contributed by atoms with van der Waals surface area (Å²) < 4.78 is 26.4. The summed E-state index contributed by atoms with van der Waals surface area (Å²) in [6, 6.07) is 20.7. The molecule has 2 heterocycles. The zero-order valence-electron chi connectivity index (χ0n) is 22.4. The Balaban J connectivity index is 1.41. The summed E-state index contributed by atoms with van der Waals surface area (Å²) in [6.45, 7) is 2.08. The molecule has 0 unspecified atom stereocenters. The maximum Gasteiger partial charge on any atom is 0.269 e. The number of hydrogen-bond donors (Lipinski definition) is 2. The van der Waals surface area contributed by atoms with Crippen molar-refractivity contribution >= 4 is 50.7 Å². The smallest absolute Gasteiger partial charge is 0.269 e. The number of nitrogens with one attached hydrogen (secondary N) is 1. The second-order valence-electron chi connectivity index (χ2n) is 9.25. The molecule has 13 nitrogen and oxygen atoms in total. The number of benzene rings is 3. The zero-order chi connectivity index (χ0) is 30.7. The van der Waals surface area contributed by atoms with E-state index in [1.165, 1.54) is 36.4 Å². The van der Waals surface area contributed by atoms with Gasteiger partial charge in [0.25, 0.3) is 5.69 Å². The number of aromatic nitrogens is 5. The monoisotopic (exact) mass is 638 g/mol. The van der Waals surface area contributed by atoms with E-state index in [0.717, 1.165) is 28.7 Å². The van der Waals surface area contributed by atoms with Crippen LogP contribution in [0.15, 0.2) is 88.9 Å². The molecule has 5 aromatic rings. The fraction of sp³-hybridized carbons (Fsp3) is 0.111. The lowest BCUT2D eigenvalue weighted by atomic mass is 10.1. The van der Waals surface area contributed by atoms with Crippen molar-refractivity contribution in [2.45, 2.75) is 23.5 Å². The molecule has 0 saturated heterocycles. The predicted octanol–water partition coefficient (Wildman–Crippen LogP) is 4.43. The van der Waals surface area contributed by atoms with E-state index in [0.29, 0.717) is 27.4 Å². The molecule has 2 aromatic heterocycles. The molecule has 220 valence electrons. The van der Waals surface area contributed by atoms with Gasteiger partial charge in [0.15, 0.2) is 11.0 Å². The summed E-state index contributed by atoms with van der Waals surface area (Å²) in [4.78, 5) is 23.4. The molecule has 3 aromatic carbocycles. The highest BCUT2D eigenvalue weighted by molar-refractivity contribution is 7.99. The highest BCUT2D eigenvalue weighted by atomic mass is 35.5. The van der Waals surface area contributed by atoms with Gasteiger partial charge in [-0.25, -0.2) is 13.6 Å². The number of rotatable bonds is 10. The van der Waals surface area contributed by atoms with Gasteiger partial charge >= 0.3 is 0 Å². The summed E-state index contributed by atoms with van der Waals surface area (Å²) in [5, 5.41) is 33.3. The van der Waals surface area contributed by atoms with Crippen LogP contribution in [0.3, 0.4) is 0 Å². The number of nitro groups is 1. The van der Waals surface area contributed by atoms with Crippen LogP contribution in [0.2, 0.25) is 5.02 Å². The fourth-order valence-corrected chi connectivity index (χ4v) is 5.60. The number of carbonyl (C=O) groups is 1. The van der Waals surface area contributed by atoms with Gasteiger partial charge in [0, 0.05) is 28.5 Å². The van der Waals surface area contributed by atoms with Crippen molar-refractivity contribution in [3.8, 4) is 16.9 Å². The number of aryl methyl sites for hydroxylation is 1. The van der Waals surface area contributed by atoms with E-state index in [4.69, 9.17) is 16.7 Å². The van der Waals surface area contributed by atoms with Gasteiger partial charge in [-0.3, -0.25) is 24.2 Å². The fourth-order valence-electron chi connectivity index (χ4n) is 4.19. The Morgan fingerprint density at radius 3 is 2.35 bits per heavy atom. The van der Waals surface area contributed by atoms with Crippen LogP contribution < -0.4 is 10.5 Å². The average Bonchev–Trinajstić information content (AvgIpc) is 3.54. The minimum Gasteiger partial charge on any atom is -0.325 e. The maximum atomic E-state index is 12.7. The molecule has 0 aliphatic rings. The first-order valence-electron chi connectivity index (χ1n) is 12.5. The molecule has 1 amide bonds. The van der Waals surface area contributed by atoms with Crippen LogP contribution >= 0.6 is 23.4 Å². The standard InChI is InChI=1S/C27H23ClN8O5S2/c1-17-14-24(18-2-4-19(28)5-3-18)34(33-17)15-25-31-32-27(35(25)21-8-10-22(11-9-21)36(38)39)42-16-26(37)30-20-6-12-23(13-7-20)43(29,40)41/h2-14H,15-16H2,1H3,(H,30,37)(H2,29,40,41). The van der Waals surface area contributed by atoms with E-state index >= 15 is 0 Å². The van der Waals surface area contributed by atoms with E-state index < -0.39 is 14.9 Å². The third-order valence-corrected chi connectivity index (χ3v) is 8.26. The Kier molecular flexibility index (Phi) is 8.59. The lowest BCUT2D eigenvalue weighted by Crippen LogP contribution is -2.16. The number of nitrogens with two attached hydrogens (primary N) is 1. The van der Waals surface area contributed by atoms with Crippen molar-refractivity contribution in [1.82, 2.24) is 24.5 Å². The van der Waals surface area contributed by atoms with Crippen molar-refractivity contribution in [3.63, 3.8) is 0 Å². The predicted molar refractivity (Wildman–Crippen MR) is 162 cm³/mol. The first-order chi connectivity index (χ1) is 20.5. The van der Waals surface area contributed by atoms with Crippen molar-refractivity contribution in [3.05, 3.63) is 106 Å². The normalized spacial score (nSPS) is 11.4. The minimum absolute atomic E-state index is 0.0566. The molecule has 0 bridgehead atoms. The van der Waals surface area contributed by atoms with Gasteiger partial charge in [-0.2, -0.15) is 5.10 Å². The molecular weight excluding hydrogens is 616 g/mol.